The van der Waals surface area contributed by atoms with Gasteiger partial charge in [0.15, 0.2) is 0 Å². The van der Waals surface area contributed by atoms with Crippen LogP contribution in [0.3, 0.4) is 0 Å². The van der Waals surface area contributed by atoms with Gasteiger partial charge in [-0.05, 0) is 13.0 Å². The molecule has 3 N–H and O–H groups in total. The number of amides is 1. The quantitative estimate of drug-likeness (QED) is 0.599. The van der Waals surface area contributed by atoms with E-state index in [2.05, 4.69) is 5.10 Å². The van der Waals surface area contributed by atoms with Gasteiger partial charge in [-0.15, -0.1) is 0 Å². The number of nitro groups is 1. The predicted octanol–water partition coefficient (Wildman–Crippen LogP) is 0.284. The molecule has 0 aliphatic heterocycles. The molecule has 0 bridgehead atoms. The number of fused-ring (bicyclic) bond motifs is 1. The smallest absolute Gasteiger partial charge is 0.272 e. The molecule has 2 rings (SSSR count). The average molecular weight is 250 g/mol. The number of non-ortho nitro benzene ring substituents is 1. The Morgan fingerprint density at radius 3 is 2.78 bits per heavy atom. The van der Waals surface area contributed by atoms with Crippen LogP contribution in [0.1, 0.15) is 13.0 Å². The fourth-order valence-corrected chi connectivity index (χ4v) is 1.69. The average Bonchev–Trinajstić information content (AvgIpc) is 2.65. The number of carbonyl (C=O) groups excluding carboxylic acids is 1. The SMILES string of the molecule is CC(C(N)=O)n1[nH]c(=O)c2cc([N+](=O)[O-])ccc21. The zero-order valence-corrected chi connectivity index (χ0v) is 9.41. The number of rotatable bonds is 3. The number of H-pyrrole nitrogens is 1. The number of nitrogens with one attached hydrogen (secondary N) is 1. The fraction of sp³-hybridized carbons (Fsp3) is 0.200. The van der Waals surface area contributed by atoms with Crippen LogP contribution in [0.4, 0.5) is 5.69 Å². The normalized spacial score (nSPS) is 12.5. The van der Waals surface area contributed by atoms with Crippen molar-refractivity contribution in [2.45, 2.75) is 13.0 Å². The maximum Gasteiger partial charge on any atom is 0.272 e. The first kappa shape index (κ1) is 11.8. The van der Waals surface area contributed by atoms with Gasteiger partial charge >= 0.3 is 0 Å². The second-order valence-electron chi connectivity index (χ2n) is 3.85. The number of aromatic nitrogens is 2. The topological polar surface area (TPSA) is 124 Å². The summed E-state index contributed by atoms with van der Waals surface area (Å²) < 4.78 is 1.30. The van der Waals surface area contributed by atoms with Crippen LogP contribution in [0.15, 0.2) is 23.0 Å². The standard InChI is InChI=1S/C10H10N4O4/c1-5(9(11)15)13-8-3-2-6(14(17)18)4-7(8)10(16)12-13/h2-5H,1H3,(H2,11,15)(H,12,16). The Kier molecular flexibility index (Phi) is 2.62. The summed E-state index contributed by atoms with van der Waals surface area (Å²) in [5.74, 6) is -0.610. The minimum absolute atomic E-state index is 0.150. The Morgan fingerprint density at radius 1 is 1.56 bits per heavy atom. The molecule has 0 saturated heterocycles. The predicted molar refractivity (Wildman–Crippen MR) is 63.1 cm³/mol. The lowest BCUT2D eigenvalue weighted by Gasteiger charge is -2.09. The summed E-state index contributed by atoms with van der Waals surface area (Å²) in [7, 11) is 0. The highest BCUT2D eigenvalue weighted by molar-refractivity contribution is 5.84. The molecule has 0 aliphatic rings. The van der Waals surface area contributed by atoms with Gasteiger partial charge in [0.2, 0.25) is 5.91 Å². The number of primary amides is 1. The monoisotopic (exact) mass is 250 g/mol. The number of aromatic amines is 1. The molecule has 1 amide bonds. The Labute approximate surface area is 100 Å². The van der Waals surface area contributed by atoms with E-state index >= 15 is 0 Å². The molecular weight excluding hydrogens is 240 g/mol. The van der Waals surface area contributed by atoms with Crippen molar-refractivity contribution in [3.05, 3.63) is 38.7 Å². The number of carbonyl (C=O) groups is 1. The van der Waals surface area contributed by atoms with Gasteiger partial charge in [0.05, 0.1) is 15.8 Å². The number of nitrogens with zero attached hydrogens (tertiary/aromatic N) is 2. The molecule has 0 fully saturated rings. The zero-order chi connectivity index (χ0) is 13.4. The van der Waals surface area contributed by atoms with E-state index in [-0.39, 0.29) is 11.1 Å². The molecule has 0 aliphatic carbocycles. The molecule has 0 spiro atoms. The van der Waals surface area contributed by atoms with Crippen molar-refractivity contribution >= 4 is 22.5 Å². The molecule has 1 aromatic heterocycles. The van der Waals surface area contributed by atoms with Crippen LogP contribution in [0.2, 0.25) is 0 Å². The van der Waals surface area contributed by atoms with Gasteiger partial charge < -0.3 is 5.73 Å². The summed E-state index contributed by atoms with van der Waals surface area (Å²) in [4.78, 5) is 32.8. The molecule has 1 heterocycles. The van der Waals surface area contributed by atoms with E-state index in [1.54, 1.807) is 0 Å². The fourth-order valence-electron chi connectivity index (χ4n) is 1.69. The molecule has 0 radical (unpaired) electrons. The summed E-state index contributed by atoms with van der Waals surface area (Å²) in [5, 5.41) is 13.2. The number of nitrogens with two attached hydrogens (primary N) is 1. The molecular formula is C10H10N4O4. The molecule has 8 heteroatoms. The maximum atomic E-state index is 11.7. The van der Waals surface area contributed by atoms with Gasteiger partial charge in [-0.2, -0.15) is 0 Å². The zero-order valence-electron chi connectivity index (χ0n) is 9.41. The Morgan fingerprint density at radius 2 is 2.22 bits per heavy atom. The third-order valence-electron chi connectivity index (χ3n) is 2.72. The molecule has 94 valence electrons. The highest BCUT2D eigenvalue weighted by Crippen LogP contribution is 2.20. The number of hydrogen-bond donors (Lipinski definition) is 2. The highest BCUT2D eigenvalue weighted by Gasteiger charge is 2.18. The molecule has 1 aromatic carbocycles. The van der Waals surface area contributed by atoms with Crippen molar-refractivity contribution in [2.24, 2.45) is 5.73 Å². The third kappa shape index (κ3) is 1.73. The summed E-state index contributed by atoms with van der Waals surface area (Å²) in [6, 6.07) is 3.10. The van der Waals surface area contributed by atoms with Crippen LogP contribution >= 0.6 is 0 Å². The van der Waals surface area contributed by atoms with E-state index in [1.807, 2.05) is 0 Å². The van der Waals surface area contributed by atoms with E-state index < -0.39 is 22.4 Å². The van der Waals surface area contributed by atoms with Crippen LogP contribution in [-0.4, -0.2) is 20.6 Å². The highest BCUT2D eigenvalue weighted by atomic mass is 16.6. The van der Waals surface area contributed by atoms with Gasteiger partial charge in [0, 0.05) is 12.1 Å². The summed E-state index contributed by atoms with van der Waals surface area (Å²) in [6.45, 7) is 1.53. The van der Waals surface area contributed by atoms with Gasteiger partial charge in [-0.1, -0.05) is 0 Å². The van der Waals surface area contributed by atoms with Gasteiger partial charge in [-0.25, -0.2) is 0 Å². The van der Waals surface area contributed by atoms with Crippen molar-refractivity contribution < 1.29 is 9.72 Å². The number of hydrogen-bond acceptors (Lipinski definition) is 4. The van der Waals surface area contributed by atoms with Crippen molar-refractivity contribution in [1.82, 2.24) is 9.78 Å². The van der Waals surface area contributed by atoms with Crippen molar-refractivity contribution in [2.75, 3.05) is 0 Å². The van der Waals surface area contributed by atoms with E-state index in [9.17, 15) is 19.7 Å². The minimum atomic E-state index is -0.739. The van der Waals surface area contributed by atoms with E-state index in [1.165, 1.54) is 29.8 Å². The molecule has 1 unspecified atom stereocenters. The lowest BCUT2D eigenvalue weighted by Crippen LogP contribution is -2.25. The van der Waals surface area contributed by atoms with Crippen LogP contribution < -0.4 is 11.3 Å². The lowest BCUT2D eigenvalue weighted by molar-refractivity contribution is -0.384. The van der Waals surface area contributed by atoms with Crippen LogP contribution in [0.25, 0.3) is 10.9 Å². The van der Waals surface area contributed by atoms with Crippen molar-refractivity contribution in [1.29, 1.82) is 0 Å². The van der Waals surface area contributed by atoms with Crippen LogP contribution in [0.5, 0.6) is 0 Å². The first-order chi connectivity index (χ1) is 8.41. The largest absolute Gasteiger partial charge is 0.368 e. The summed E-state index contributed by atoms with van der Waals surface area (Å²) in [6.07, 6.45) is 0. The Balaban J connectivity index is 2.70. The van der Waals surface area contributed by atoms with Crippen molar-refractivity contribution in [3.8, 4) is 0 Å². The first-order valence-electron chi connectivity index (χ1n) is 5.10. The molecule has 0 saturated carbocycles. The second kappa shape index (κ2) is 3.99. The lowest BCUT2D eigenvalue weighted by atomic mass is 10.2. The second-order valence-corrected chi connectivity index (χ2v) is 3.85. The summed E-state index contributed by atoms with van der Waals surface area (Å²) in [5.41, 5.74) is 4.88. The minimum Gasteiger partial charge on any atom is -0.368 e. The van der Waals surface area contributed by atoms with Gasteiger partial charge in [-0.3, -0.25) is 29.5 Å². The van der Waals surface area contributed by atoms with E-state index in [0.717, 1.165) is 0 Å². The number of benzene rings is 1. The molecule has 1 atom stereocenters. The Hall–Kier alpha value is -2.64. The first-order valence-corrected chi connectivity index (χ1v) is 5.10. The van der Waals surface area contributed by atoms with Crippen LogP contribution in [-0.2, 0) is 4.79 Å². The molecule has 18 heavy (non-hydrogen) atoms. The van der Waals surface area contributed by atoms with E-state index in [0.29, 0.717) is 5.52 Å². The third-order valence-corrected chi connectivity index (χ3v) is 2.72. The van der Waals surface area contributed by atoms with E-state index in [4.69, 9.17) is 5.73 Å². The van der Waals surface area contributed by atoms with Gasteiger partial charge in [0.25, 0.3) is 11.2 Å². The Bertz CT molecular complexity index is 699. The van der Waals surface area contributed by atoms with Crippen molar-refractivity contribution in [3.63, 3.8) is 0 Å². The molecule has 2 aromatic rings. The molecule has 8 nitrogen and oxygen atoms in total. The number of nitro benzene ring substituents is 1. The maximum absolute atomic E-state index is 11.7. The van der Waals surface area contributed by atoms with Crippen LogP contribution in [0, 0.1) is 10.1 Å². The summed E-state index contributed by atoms with van der Waals surface area (Å²) >= 11 is 0. The van der Waals surface area contributed by atoms with Gasteiger partial charge in [0.1, 0.15) is 6.04 Å².